The summed E-state index contributed by atoms with van der Waals surface area (Å²) < 4.78 is 6.98. The van der Waals surface area contributed by atoms with Gasteiger partial charge in [-0.1, -0.05) is 38.1 Å². The molecule has 1 aromatic carbocycles. The first kappa shape index (κ1) is 21.5. The van der Waals surface area contributed by atoms with E-state index in [1.54, 1.807) is 0 Å². The summed E-state index contributed by atoms with van der Waals surface area (Å²) >= 11 is 10.2. The first-order valence-electron chi connectivity index (χ1n) is 8.67. The highest BCUT2D eigenvalue weighted by Crippen LogP contribution is 2.38. The molecular weight excluding hydrogens is 390 g/mol. The van der Waals surface area contributed by atoms with E-state index in [0.717, 1.165) is 53.7 Å². The van der Waals surface area contributed by atoms with Crippen molar-refractivity contribution >= 4 is 39.3 Å². The average Bonchev–Trinajstić information content (AvgIpc) is 2.58. The molecule has 1 unspecified atom stereocenters. The summed E-state index contributed by atoms with van der Waals surface area (Å²) in [5.41, 5.74) is 3.07. The molecule has 0 heterocycles. The van der Waals surface area contributed by atoms with E-state index in [2.05, 4.69) is 48.2 Å². The Hall–Kier alpha value is -0.550. The van der Waals surface area contributed by atoms with Gasteiger partial charge in [-0.3, -0.25) is 0 Å². The van der Waals surface area contributed by atoms with Gasteiger partial charge in [-0.15, -0.1) is 0 Å². The van der Waals surface area contributed by atoms with Gasteiger partial charge in [0.25, 0.3) is 0 Å². The van der Waals surface area contributed by atoms with Gasteiger partial charge in [0.05, 0.1) is 0 Å². The molecule has 0 bridgehead atoms. The van der Waals surface area contributed by atoms with Crippen LogP contribution in [0.2, 0.25) is 5.02 Å². The van der Waals surface area contributed by atoms with Gasteiger partial charge in [-0.25, -0.2) is 0 Å². The van der Waals surface area contributed by atoms with Crippen molar-refractivity contribution in [2.45, 2.75) is 52.7 Å². The van der Waals surface area contributed by atoms with Crippen molar-refractivity contribution < 1.29 is 9.84 Å². The number of anilines is 1. The second kappa shape index (κ2) is 11.1. The molecule has 0 aromatic heterocycles. The lowest BCUT2D eigenvalue weighted by Gasteiger charge is -2.34. The molecule has 1 atom stereocenters. The fourth-order valence-corrected chi connectivity index (χ4v) is 3.98. The Morgan fingerprint density at radius 1 is 1.42 bits per heavy atom. The van der Waals surface area contributed by atoms with Crippen LogP contribution in [0.15, 0.2) is 17.1 Å². The Balaban J connectivity index is 3.31. The molecule has 0 radical (unpaired) electrons. The van der Waals surface area contributed by atoms with Crippen molar-refractivity contribution in [3.63, 3.8) is 0 Å². The third kappa shape index (κ3) is 5.22. The molecule has 0 saturated heterocycles. The largest absolute Gasteiger partial charge is 0.396 e. The topological polar surface area (TPSA) is 32.7 Å². The first-order chi connectivity index (χ1) is 11.5. The van der Waals surface area contributed by atoms with Gasteiger partial charge in [-0.05, 0) is 60.2 Å². The monoisotopic (exact) mass is 417 g/mol. The predicted molar refractivity (Wildman–Crippen MR) is 108 cm³/mol. The fourth-order valence-electron chi connectivity index (χ4n) is 2.79. The number of aliphatic hydroxyl groups is 1. The minimum absolute atomic E-state index is 0.0138. The molecule has 0 aliphatic carbocycles. The summed E-state index contributed by atoms with van der Waals surface area (Å²) in [5.74, 6) is 0. The van der Waals surface area contributed by atoms with Crippen LogP contribution < -0.4 is 4.90 Å². The molecule has 5 heteroatoms. The van der Waals surface area contributed by atoms with Crippen LogP contribution in [0.5, 0.6) is 0 Å². The van der Waals surface area contributed by atoms with E-state index in [9.17, 15) is 0 Å². The zero-order valence-electron chi connectivity index (χ0n) is 14.9. The van der Waals surface area contributed by atoms with Crippen molar-refractivity contribution in [2.24, 2.45) is 0 Å². The van der Waals surface area contributed by atoms with Crippen LogP contribution in [-0.2, 0) is 11.2 Å². The highest BCUT2D eigenvalue weighted by atomic mass is 79.9. The molecule has 0 aliphatic rings. The lowest BCUT2D eigenvalue weighted by molar-refractivity contribution is 0.0491. The van der Waals surface area contributed by atoms with Gasteiger partial charge in [0.2, 0.25) is 0 Å². The Morgan fingerprint density at radius 2 is 2.12 bits per heavy atom. The second-order valence-electron chi connectivity index (χ2n) is 5.63. The van der Waals surface area contributed by atoms with Crippen LogP contribution in [0.25, 0.3) is 6.08 Å². The van der Waals surface area contributed by atoms with Crippen LogP contribution in [0.4, 0.5) is 5.69 Å². The minimum Gasteiger partial charge on any atom is -0.396 e. The third-order valence-electron chi connectivity index (χ3n) is 3.98. The zero-order valence-corrected chi connectivity index (χ0v) is 17.3. The van der Waals surface area contributed by atoms with Crippen LogP contribution in [0.3, 0.4) is 0 Å². The number of benzene rings is 1. The van der Waals surface area contributed by atoms with Crippen LogP contribution in [0.1, 0.15) is 51.2 Å². The third-order valence-corrected chi connectivity index (χ3v) is 5.22. The van der Waals surface area contributed by atoms with Crippen molar-refractivity contribution in [3.05, 3.63) is 33.3 Å². The highest BCUT2D eigenvalue weighted by molar-refractivity contribution is 9.10. The highest BCUT2D eigenvalue weighted by Gasteiger charge is 2.22. The molecule has 1 aromatic rings. The lowest BCUT2D eigenvalue weighted by atomic mass is 10.0. The average molecular weight is 419 g/mol. The first-order valence-corrected chi connectivity index (χ1v) is 9.84. The number of hydrogen-bond donors (Lipinski definition) is 1. The van der Waals surface area contributed by atoms with E-state index in [0.29, 0.717) is 11.4 Å². The molecule has 1 N–H and O–H groups in total. The van der Waals surface area contributed by atoms with E-state index >= 15 is 0 Å². The molecule has 0 aliphatic heterocycles. The number of ether oxygens (including phenoxy) is 1. The smallest absolute Gasteiger partial charge is 0.129 e. The van der Waals surface area contributed by atoms with Crippen LogP contribution >= 0.6 is 27.5 Å². The fraction of sp³-hybridized carbons (Fsp3) is 0.579. The summed E-state index contributed by atoms with van der Waals surface area (Å²) in [6, 6.07) is 2.00. The predicted octanol–water partition coefficient (Wildman–Crippen LogP) is 5.66. The summed E-state index contributed by atoms with van der Waals surface area (Å²) in [7, 11) is 0. The van der Waals surface area contributed by atoms with Gasteiger partial charge in [0.15, 0.2) is 0 Å². The van der Waals surface area contributed by atoms with Crippen molar-refractivity contribution in [2.75, 3.05) is 24.7 Å². The molecule has 1 rings (SSSR count). The Kier molecular flexibility index (Phi) is 9.98. The van der Waals surface area contributed by atoms with Crippen molar-refractivity contribution in [3.8, 4) is 0 Å². The van der Waals surface area contributed by atoms with E-state index in [-0.39, 0.29) is 12.8 Å². The second-order valence-corrected chi connectivity index (χ2v) is 6.83. The number of nitrogens with zero attached hydrogens (tertiary/aromatic N) is 1. The van der Waals surface area contributed by atoms with Gasteiger partial charge in [0, 0.05) is 40.5 Å². The van der Waals surface area contributed by atoms with Gasteiger partial charge in [-0.2, -0.15) is 0 Å². The van der Waals surface area contributed by atoms with Gasteiger partial charge in [0.1, 0.15) is 6.23 Å². The Bertz CT molecular complexity index is 537. The van der Waals surface area contributed by atoms with Gasteiger partial charge >= 0.3 is 0 Å². The Labute approximate surface area is 159 Å². The quantitative estimate of drug-likeness (QED) is 0.471. The molecule has 0 fully saturated rings. The molecule has 3 nitrogen and oxygen atoms in total. The lowest BCUT2D eigenvalue weighted by Crippen LogP contribution is -2.37. The van der Waals surface area contributed by atoms with Crippen molar-refractivity contribution in [1.82, 2.24) is 0 Å². The molecular formula is C19H29BrClNO2. The number of aliphatic hydroxyl groups excluding tert-OH is 1. The number of halogens is 2. The summed E-state index contributed by atoms with van der Waals surface area (Å²) in [5, 5.41) is 9.81. The van der Waals surface area contributed by atoms with E-state index in [1.807, 2.05) is 12.1 Å². The summed E-state index contributed by atoms with van der Waals surface area (Å²) in [6.07, 6.45) is 5.17. The molecule has 0 amide bonds. The maximum atomic E-state index is 9.10. The van der Waals surface area contributed by atoms with E-state index < -0.39 is 0 Å². The van der Waals surface area contributed by atoms with E-state index in [4.69, 9.17) is 21.4 Å². The minimum atomic E-state index is 0.0138. The number of hydrogen-bond acceptors (Lipinski definition) is 3. The van der Waals surface area contributed by atoms with Crippen LogP contribution in [-0.4, -0.2) is 31.1 Å². The summed E-state index contributed by atoms with van der Waals surface area (Å²) in [6.45, 7) is 12.0. The van der Waals surface area contributed by atoms with Crippen molar-refractivity contribution in [1.29, 1.82) is 0 Å². The number of rotatable bonds is 11. The molecule has 0 spiro atoms. The molecule has 136 valence electrons. The normalized spacial score (nSPS) is 12.2. The van der Waals surface area contributed by atoms with Crippen LogP contribution in [0, 0.1) is 0 Å². The summed E-state index contributed by atoms with van der Waals surface area (Å²) in [4.78, 5) is 2.24. The standard InChI is InChI=1S/C19H29BrClNO2/c1-5-12-24-18(7-3)22(8-4)17-13-16(21)15(10-9-11-23)19(20)14(17)6-2/h6,13,18,23H,2,5,7-12H2,1,3-4H3. The maximum absolute atomic E-state index is 9.10. The molecule has 24 heavy (non-hydrogen) atoms. The van der Waals surface area contributed by atoms with Gasteiger partial charge < -0.3 is 14.7 Å². The Morgan fingerprint density at radius 3 is 2.62 bits per heavy atom. The SMILES string of the molecule is C=Cc1c(N(CC)C(CC)OCCC)cc(Cl)c(CCCO)c1Br. The molecule has 0 saturated carbocycles. The zero-order chi connectivity index (χ0) is 18.1. The van der Waals surface area contributed by atoms with E-state index in [1.165, 1.54) is 0 Å². The maximum Gasteiger partial charge on any atom is 0.129 e.